The van der Waals surface area contributed by atoms with Gasteiger partial charge in [0.15, 0.2) is 6.61 Å². The maximum Gasteiger partial charge on any atom is 0.269 e. The smallest absolute Gasteiger partial charge is 0.269 e. The molecular formula is C21H20N4O4. The third-order valence-electron chi connectivity index (χ3n) is 4.62. The number of piperazine rings is 1. The first-order chi connectivity index (χ1) is 14.1. The van der Waals surface area contributed by atoms with E-state index in [0.717, 1.165) is 11.3 Å². The fourth-order valence-corrected chi connectivity index (χ4v) is 3.03. The minimum Gasteiger partial charge on any atom is -0.479 e. The van der Waals surface area contributed by atoms with Crippen LogP contribution in [0.2, 0.25) is 0 Å². The lowest BCUT2D eigenvalue weighted by Crippen LogP contribution is -2.48. The van der Waals surface area contributed by atoms with Crippen LogP contribution in [-0.4, -0.2) is 48.5 Å². The minimum atomic E-state index is -0.417. The molecule has 0 aliphatic carbocycles. The zero-order chi connectivity index (χ0) is 20.6. The van der Waals surface area contributed by atoms with E-state index in [0.29, 0.717) is 31.9 Å². The van der Waals surface area contributed by atoms with Gasteiger partial charge in [-0.25, -0.2) is 0 Å². The van der Waals surface area contributed by atoms with Crippen LogP contribution in [0.15, 0.2) is 54.6 Å². The molecule has 0 bridgehead atoms. The Kier molecular flexibility index (Phi) is 6.43. The fourth-order valence-electron chi connectivity index (χ4n) is 3.03. The lowest BCUT2D eigenvalue weighted by atomic mass is 10.2. The molecule has 1 fully saturated rings. The number of amides is 1. The Morgan fingerprint density at radius 2 is 1.76 bits per heavy atom. The average molecular weight is 392 g/mol. The summed E-state index contributed by atoms with van der Waals surface area (Å²) in [5, 5.41) is 19.3. The normalized spacial score (nSPS) is 13.9. The monoisotopic (exact) mass is 392 g/mol. The number of nitrogens with zero attached hydrogens (tertiary/aromatic N) is 4. The summed E-state index contributed by atoms with van der Waals surface area (Å²) in [6.45, 7) is 2.51. The molecule has 2 aromatic rings. The Morgan fingerprint density at radius 1 is 1.10 bits per heavy atom. The van der Waals surface area contributed by atoms with E-state index in [2.05, 4.69) is 4.90 Å². The lowest BCUT2D eigenvalue weighted by Gasteiger charge is -2.35. The molecule has 8 heteroatoms. The highest BCUT2D eigenvalue weighted by Gasteiger charge is 2.20. The van der Waals surface area contributed by atoms with Crippen LogP contribution >= 0.6 is 0 Å². The van der Waals surface area contributed by atoms with Crippen LogP contribution in [0, 0.1) is 21.4 Å². The van der Waals surface area contributed by atoms with Crippen molar-refractivity contribution in [3.05, 3.63) is 70.3 Å². The van der Waals surface area contributed by atoms with Crippen molar-refractivity contribution in [1.82, 2.24) is 4.90 Å². The Bertz CT molecular complexity index is 925. The highest BCUT2D eigenvalue weighted by atomic mass is 16.6. The fraction of sp³-hybridized carbons (Fsp3) is 0.238. The molecule has 0 spiro atoms. The first kappa shape index (κ1) is 19.9. The maximum absolute atomic E-state index is 12.4. The van der Waals surface area contributed by atoms with Crippen LogP contribution in [-0.2, 0) is 4.79 Å². The number of carbonyl (C=O) groups is 1. The van der Waals surface area contributed by atoms with Gasteiger partial charge < -0.3 is 14.5 Å². The summed E-state index contributed by atoms with van der Waals surface area (Å²) in [5.74, 6) is 0.551. The summed E-state index contributed by atoms with van der Waals surface area (Å²) in [7, 11) is 0. The number of carbonyl (C=O) groups excluding carboxylic acids is 1. The summed E-state index contributed by atoms with van der Waals surface area (Å²) < 4.78 is 5.20. The quantitative estimate of drug-likeness (QED) is 0.426. The number of hydrogen-bond acceptors (Lipinski definition) is 6. The second-order valence-electron chi connectivity index (χ2n) is 6.43. The number of nitro benzene ring substituents is 1. The van der Waals surface area contributed by atoms with Crippen LogP contribution in [0.25, 0.3) is 6.08 Å². The Hall–Kier alpha value is -3.86. The summed E-state index contributed by atoms with van der Waals surface area (Å²) in [5.41, 5.74) is 1.85. The molecule has 0 saturated carbocycles. The van der Waals surface area contributed by atoms with Gasteiger partial charge in [0.25, 0.3) is 5.69 Å². The molecule has 1 amide bonds. The standard InChI is InChI=1S/C21H20N4O4/c22-11-16-29-20-8-1-17(2-9-20)3-10-21(26)24-14-12-23(13-15-24)18-4-6-19(7-5-18)25(27)28/h1-10H,12-16H2. The number of hydrogen-bond donors (Lipinski definition) is 0. The number of nitriles is 1. The van der Waals surface area contributed by atoms with Crippen LogP contribution in [0.5, 0.6) is 5.75 Å². The number of rotatable bonds is 6. The lowest BCUT2D eigenvalue weighted by molar-refractivity contribution is -0.384. The number of benzene rings is 2. The molecule has 0 N–H and O–H groups in total. The number of nitro groups is 1. The van der Waals surface area contributed by atoms with Crippen LogP contribution in [0.4, 0.5) is 11.4 Å². The van der Waals surface area contributed by atoms with Gasteiger partial charge in [0, 0.05) is 50.1 Å². The molecule has 0 unspecified atom stereocenters. The van der Waals surface area contributed by atoms with Crippen LogP contribution in [0.1, 0.15) is 5.56 Å². The summed E-state index contributed by atoms with van der Waals surface area (Å²) in [6, 6.07) is 15.5. The largest absolute Gasteiger partial charge is 0.479 e. The minimum absolute atomic E-state index is 0.000473. The van der Waals surface area contributed by atoms with E-state index in [9.17, 15) is 14.9 Å². The zero-order valence-electron chi connectivity index (χ0n) is 15.7. The predicted molar refractivity (Wildman–Crippen MR) is 108 cm³/mol. The highest BCUT2D eigenvalue weighted by molar-refractivity contribution is 5.92. The summed E-state index contributed by atoms with van der Waals surface area (Å²) in [6.07, 6.45) is 3.30. The third kappa shape index (κ3) is 5.32. The van der Waals surface area contributed by atoms with Gasteiger partial charge in [0.1, 0.15) is 11.8 Å². The van der Waals surface area contributed by atoms with Gasteiger partial charge in [-0.2, -0.15) is 5.26 Å². The van der Waals surface area contributed by atoms with Crippen molar-refractivity contribution in [2.45, 2.75) is 0 Å². The molecule has 2 aromatic carbocycles. The van der Waals surface area contributed by atoms with Gasteiger partial charge in [0.2, 0.25) is 5.91 Å². The molecule has 0 aromatic heterocycles. The van der Waals surface area contributed by atoms with Crippen LogP contribution < -0.4 is 9.64 Å². The van der Waals surface area contributed by atoms with Gasteiger partial charge >= 0.3 is 0 Å². The number of anilines is 1. The van der Waals surface area contributed by atoms with E-state index < -0.39 is 4.92 Å². The molecule has 1 aliphatic heterocycles. The van der Waals surface area contributed by atoms with Crippen molar-refractivity contribution in [1.29, 1.82) is 5.26 Å². The van der Waals surface area contributed by atoms with Crippen LogP contribution in [0.3, 0.4) is 0 Å². The van der Waals surface area contributed by atoms with E-state index in [1.165, 1.54) is 12.1 Å². The van der Waals surface area contributed by atoms with Gasteiger partial charge in [0.05, 0.1) is 4.92 Å². The molecule has 0 radical (unpaired) electrons. The Balaban J connectivity index is 1.51. The molecular weight excluding hydrogens is 372 g/mol. The zero-order valence-corrected chi connectivity index (χ0v) is 15.7. The Morgan fingerprint density at radius 3 is 2.34 bits per heavy atom. The predicted octanol–water partition coefficient (Wildman–Crippen LogP) is 2.86. The second kappa shape index (κ2) is 9.37. The maximum atomic E-state index is 12.4. The SMILES string of the molecule is N#CCOc1ccc(C=CC(=O)N2CCN(c3ccc([N+](=O)[O-])cc3)CC2)cc1. The van der Waals surface area contributed by atoms with Gasteiger partial charge in [-0.1, -0.05) is 12.1 Å². The highest BCUT2D eigenvalue weighted by Crippen LogP contribution is 2.21. The first-order valence-electron chi connectivity index (χ1n) is 9.13. The van der Waals surface area contributed by atoms with Crippen molar-refractivity contribution < 1.29 is 14.5 Å². The van der Waals surface area contributed by atoms with E-state index in [-0.39, 0.29) is 18.2 Å². The Labute approximate surface area is 168 Å². The molecule has 0 atom stereocenters. The first-order valence-corrected chi connectivity index (χ1v) is 9.13. The van der Waals surface area contributed by atoms with E-state index in [1.54, 1.807) is 41.3 Å². The molecule has 148 valence electrons. The number of non-ortho nitro benzene ring substituents is 1. The average Bonchev–Trinajstić information content (AvgIpc) is 2.77. The van der Waals surface area contributed by atoms with E-state index in [1.807, 2.05) is 18.2 Å². The van der Waals surface area contributed by atoms with E-state index in [4.69, 9.17) is 10.00 Å². The van der Waals surface area contributed by atoms with Gasteiger partial charge in [-0.15, -0.1) is 0 Å². The molecule has 29 heavy (non-hydrogen) atoms. The molecule has 3 rings (SSSR count). The molecule has 1 aliphatic rings. The second-order valence-corrected chi connectivity index (χ2v) is 6.43. The van der Waals surface area contributed by atoms with Crippen molar-refractivity contribution in [3.8, 4) is 11.8 Å². The van der Waals surface area contributed by atoms with Crippen molar-refractivity contribution in [3.63, 3.8) is 0 Å². The molecule has 1 heterocycles. The van der Waals surface area contributed by atoms with Gasteiger partial charge in [-0.05, 0) is 35.9 Å². The van der Waals surface area contributed by atoms with Crippen molar-refractivity contribution in [2.24, 2.45) is 0 Å². The van der Waals surface area contributed by atoms with E-state index >= 15 is 0 Å². The third-order valence-corrected chi connectivity index (χ3v) is 4.62. The summed E-state index contributed by atoms with van der Waals surface area (Å²) >= 11 is 0. The number of ether oxygens (including phenoxy) is 1. The molecule has 8 nitrogen and oxygen atoms in total. The topological polar surface area (TPSA) is 99.7 Å². The van der Waals surface area contributed by atoms with Gasteiger partial charge in [-0.3, -0.25) is 14.9 Å². The molecule has 1 saturated heterocycles. The van der Waals surface area contributed by atoms with Crippen molar-refractivity contribution >= 4 is 23.4 Å². The summed E-state index contributed by atoms with van der Waals surface area (Å²) in [4.78, 5) is 26.7. The van der Waals surface area contributed by atoms with Crippen molar-refractivity contribution in [2.75, 3.05) is 37.7 Å².